The van der Waals surface area contributed by atoms with Gasteiger partial charge in [-0.1, -0.05) is 28.4 Å². The van der Waals surface area contributed by atoms with Crippen LogP contribution in [0.25, 0.3) is 0 Å². The molecule has 0 N–H and O–H groups in total. The molecule has 4 nitrogen and oxygen atoms in total. The Kier molecular flexibility index (Phi) is 3.54. The number of aromatic nitrogens is 2. The molecular weight excluding hydrogens is 263 g/mol. The lowest BCUT2D eigenvalue weighted by Gasteiger charge is -2.12. The topological polar surface area (TPSA) is 48.2 Å². The van der Waals surface area contributed by atoms with Crippen LogP contribution in [0.2, 0.25) is 10.0 Å². The highest BCUT2D eigenvalue weighted by molar-refractivity contribution is 6.35. The Bertz CT molecular complexity index is 528. The molecule has 90 valence electrons. The normalized spacial score (nSPS) is 12.5. The number of hydrogen-bond acceptors (Lipinski definition) is 4. The molecular formula is C11H10Cl2N2O2. The van der Waals surface area contributed by atoms with Gasteiger partial charge in [0.1, 0.15) is 5.75 Å². The predicted molar refractivity (Wildman–Crippen MR) is 64.5 cm³/mol. The molecule has 0 saturated heterocycles. The van der Waals surface area contributed by atoms with Crippen LogP contribution in [0.5, 0.6) is 5.75 Å². The highest BCUT2D eigenvalue weighted by Gasteiger charge is 2.16. The fourth-order valence-electron chi connectivity index (χ4n) is 1.29. The first-order valence-corrected chi connectivity index (χ1v) is 5.74. The Labute approximate surface area is 108 Å². The first kappa shape index (κ1) is 12.2. The van der Waals surface area contributed by atoms with E-state index in [2.05, 4.69) is 10.1 Å². The van der Waals surface area contributed by atoms with Crippen molar-refractivity contribution in [2.75, 3.05) is 0 Å². The molecule has 0 saturated carbocycles. The summed E-state index contributed by atoms with van der Waals surface area (Å²) in [7, 11) is 0. The lowest BCUT2D eigenvalue weighted by Crippen LogP contribution is -2.03. The molecule has 0 spiro atoms. The van der Waals surface area contributed by atoms with E-state index in [1.807, 2.05) is 0 Å². The van der Waals surface area contributed by atoms with Crippen LogP contribution >= 0.6 is 23.2 Å². The molecule has 1 aromatic carbocycles. The molecule has 6 heteroatoms. The molecule has 1 unspecified atom stereocenters. The highest BCUT2D eigenvalue weighted by Crippen LogP contribution is 2.30. The summed E-state index contributed by atoms with van der Waals surface area (Å²) >= 11 is 11.8. The average Bonchev–Trinajstić information content (AvgIpc) is 2.69. The Balaban J connectivity index is 2.15. The lowest BCUT2D eigenvalue weighted by molar-refractivity contribution is 0.176. The molecule has 0 aliphatic heterocycles. The van der Waals surface area contributed by atoms with Gasteiger partial charge < -0.3 is 9.26 Å². The van der Waals surface area contributed by atoms with Crippen molar-refractivity contribution in [3.05, 3.63) is 40.0 Å². The number of benzene rings is 1. The fourth-order valence-corrected chi connectivity index (χ4v) is 1.74. The van der Waals surface area contributed by atoms with E-state index < -0.39 is 0 Å². The minimum Gasteiger partial charge on any atom is -0.479 e. The van der Waals surface area contributed by atoms with Crippen molar-refractivity contribution in [2.45, 2.75) is 20.0 Å². The standard InChI is InChI=1S/C11H10Cl2N2O2/c1-6(11-14-7(2)15-17-11)16-10-4-3-8(12)5-9(10)13/h3-6H,1-2H3. The Morgan fingerprint density at radius 2 is 2.12 bits per heavy atom. The van der Waals surface area contributed by atoms with Crippen LogP contribution in [0.1, 0.15) is 24.7 Å². The molecule has 0 radical (unpaired) electrons. The van der Waals surface area contributed by atoms with Crippen LogP contribution in [0.15, 0.2) is 22.7 Å². The lowest BCUT2D eigenvalue weighted by atomic mass is 10.3. The average molecular weight is 273 g/mol. The maximum Gasteiger partial charge on any atom is 0.267 e. The third-order valence-electron chi connectivity index (χ3n) is 2.09. The van der Waals surface area contributed by atoms with E-state index >= 15 is 0 Å². The minimum atomic E-state index is -0.366. The van der Waals surface area contributed by atoms with Gasteiger partial charge in [-0.3, -0.25) is 0 Å². The summed E-state index contributed by atoms with van der Waals surface area (Å²) in [6, 6.07) is 5.02. The zero-order chi connectivity index (χ0) is 12.4. The summed E-state index contributed by atoms with van der Waals surface area (Å²) in [6.45, 7) is 3.55. The zero-order valence-electron chi connectivity index (χ0n) is 9.28. The SMILES string of the molecule is Cc1noc(C(C)Oc2ccc(Cl)cc2Cl)n1. The van der Waals surface area contributed by atoms with Gasteiger partial charge in [-0.25, -0.2) is 0 Å². The van der Waals surface area contributed by atoms with E-state index in [9.17, 15) is 0 Å². The number of hydrogen-bond donors (Lipinski definition) is 0. The molecule has 1 atom stereocenters. The number of halogens is 2. The Hall–Kier alpha value is -1.26. The molecule has 0 amide bonds. The predicted octanol–water partition coefficient (Wildman–Crippen LogP) is 3.82. The second-order valence-electron chi connectivity index (χ2n) is 3.51. The van der Waals surface area contributed by atoms with Crippen LogP contribution in [-0.4, -0.2) is 10.1 Å². The summed E-state index contributed by atoms with van der Waals surface area (Å²) < 4.78 is 10.6. The van der Waals surface area contributed by atoms with Gasteiger partial charge in [-0.15, -0.1) is 0 Å². The van der Waals surface area contributed by atoms with Crippen LogP contribution in [0.4, 0.5) is 0 Å². The monoisotopic (exact) mass is 272 g/mol. The first-order chi connectivity index (χ1) is 8.06. The summed E-state index contributed by atoms with van der Waals surface area (Å²) in [6.07, 6.45) is -0.366. The molecule has 2 rings (SSSR count). The molecule has 0 fully saturated rings. The van der Waals surface area contributed by atoms with Crippen molar-refractivity contribution in [3.8, 4) is 5.75 Å². The van der Waals surface area contributed by atoms with E-state index in [1.54, 1.807) is 32.0 Å². The molecule has 0 aliphatic rings. The van der Waals surface area contributed by atoms with Gasteiger partial charge in [-0.05, 0) is 32.0 Å². The largest absolute Gasteiger partial charge is 0.479 e. The molecule has 2 aromatic rings. The number of aryl methyl sites for hydroxylation is 1. The second kappa shape index (κ2) is 4.94. The summed E-state index contributed by atoms with van der Waals surface area (Å²) in [5.74, 6) is 1.51. The van der Waals surface area contributed by atoms with Gasteiger partial charge >= 0.3 is 0 Å². The maximum absolute atomic E-state index is 5.99. The molecule has 0 aliphatic carbocycles. The fraction of sp³-hybridized carbons (Fsp3) is 0.273. The second-order valence-corrected chi connectivity index (χ2v) is 4.36. The van der Waals surface area contributed by atoms with Gasteiger partial charge in [0.2, 0.25) is 0 Å². The maximum atomic E-state index is 5.99. The van der Waals surface area contributed by atoms with Crippen molar-refractivity contribution in [3.63, 3.8) is 0 Å². The number of ether oxygens (including phenoxy) is 1. The van der Waals surface area contributed by atoms with E-state index in [4.69, 9.17) is 32.5 Å². The third kappa shape index (κ3) is 2.90. The van der Waals surface area contributed by atoms with E-state index in [1.165, 1.54) is 0 Å². The summed E-state index contributed by atoms with van der Waals surface area (Å²) in [5, 5.41) is 4.70. The molecule has 0 bridgehead atoms. The van der Waals surface area contributed by atoms with E-state index in [0.717, 1.165) is 0 Å². The molecule has 1 heterocycles. The first-order valence-electron chi connectivity index (χ1n) is 4.98. The van der Waals surface area contributed by atoms with Gasteiger partial charge in [0, 0.05) is 5.02 Å². The number of rotatable bonds is 3. The molecule has 1 aromatic heterocycles. The van der Waals surface area contributed by atoms with Crippen molar-refractivity contribution in [1.82, 2.24) is 10.1 Å². The number of nitrogens with zero attached hydrogens (tertiary/aromatic N) is 2. The quantitative estimate of drug-likeness (QED) is 0.852. The van der Waals surface area contributed by atoms with E-state index in [0.29, 0.717) is 27.5 Å². The van der Waals surface area contributed by atoms with Gasteiger partial charge in [0.15, 0.2) is 11.9 Å². The van der Waals surface area contributed by atoms with Gasteiger partial charge in [-0.2, -0.15) is 4.98 Å². The minimum absolute atomic E-state index is 0.366. The molecule has 17 heavy (non-hydrogen) atoms. The van der Waals surface area contributed by atoms with Crippen molar-refractivity contribution in [2.24, 2.45) is 0 Å². The summed E-state index contributed by atoms with van der Waals surface area (Å²) in [5.41, 5.74) is 0. The van der Waals surface area contributed by atoms with Crippen molar-refractivity contribution < 1.29 is 9.26 Å². The van der Waals surface area contributed by atoms with Crippen LogP contribution in [-0.2, 0) is 0 Å². The smallest absolute Gasteiger partial charge is 0.267 e. The van der Waals surface area contributed by atoms with E-state index in [-0.39, 0.29) is 6.10 Å². The third-order valence-corrected chi connectivity index (χ3v) is 2.62. The van der Waals surface area contributed by atoms with Crippen LogP contribution < -0.4 is 4.74 Å². The Morgan fingerprint density at radius 3 is 2.71 bits per heavy atom. The summed E-state index contributed by atoms with van der Waals surface area (Å²) in [4.78, 5) is 4.08. The van der Waals surface area contributed by atoms with Gasteiger partial charge in [0.25, 0.3) is 5.89 Å². The Morgan fingerprint density at radius 1 is 1.35 bits per heavy atom. The van der Waals surface area contributed by atoms with Crippen molar-refractivity contribution in [1.29, 1.82) is 0 Å². The van der Waals surface area contributed by atoms with Crippen LogP contribution in [0, 0.1) is 6.92 Å². The zero-order valence-corrected chi connectivity index (χ0v) is 10.8. The van der Waals surface area contributed by atoms with Crippen LogP contribution in [0.3, 0.4) is 0 Å². The highest BCUT2D eigenvalue weighted by atomic mass is 35.5. The van der Waals surface area contributed by atoms with Gasteiger partial charge in [0.05, 0.1) is 5.02 Å². The van der Waals surface area contributed by atoms with Crippen molar-refractivity contribution >= 4 is 23.2 Å².